The van der Waals surface area contributed by atoms with Gasteiger partial charge in [-0.25, -0.2) is 4.79 Å². The summed E-state index contributed by atoms with van der Waals surface area (Å²) in [6, 6.07) is 5.50. The van der Waals surface area contributed by atoms with Crippen LogP contribution in [0.4, 0.5) is 0 Å². The number of aromatic nitrogens is 2. The standard InChI is InChI=1S/C20H20Cl2N2O2/c1-2-26-19(25)8-4-6-14-5-3-7-15-12-23-24(20(14)15)13-16-9-10-17(21)11-18(16)22/h4,6,8-12H,2-3,5,7,13H2,1H3/b8-4+,14-6+. The Hall–Kier alpha value is -2.04. The van der Waals surface area contributed by atoms with Gasteiger partial charge in [-0.1, -0.05) is 41.4 Å². The van der Waals surface area contributed by atoms with Crippen LogP contribution in [0, 0.1) is 0 Å². The molecule has 0 amide bonds. The molecule has 6 heteroatoms. The lowest BCUT2D eigenvalue weighted by Gasteiger charge is -2.18. The number of carbonyl (C=O) groups is 1. The molecule has 0 aliphatic heterocycles. The smallest absolute Gasteiger partial charge is 0.330 e. The predicted molar refractivity (Wildman–Crippen MR) is 104 cm³/mol. The number of fused-ring (bicyclic) bond motifs is 1. The summed E-state index contributed by atoms with van der Waals surface area (Å²) < 4.78 is 6.88. The van der Waals surface area contributed by atoms with E-state index in [9.17, 15) is 4.79 Å². The van der Waals surface area contributed by atoms with Crippen LogP contribution in [-0.2, 0) is 22.5 Å². The van der Waals surface area contributed by atoms with Crippen LogP contribution in [0.15, 0.2) is 42.6 Å². The molecule has 0 spiro atoms. The molecule has 0 fully saturated rings. The van der Waals surface area contributed by atoms with E-state index in [1.54, 1.807) is 19.1 Å². The molecule has 1 aromatic carbocycles. The van der Waals surface area contributed by atoms with Crippen molar-refractivity contribution in [3.05, 3.63) is 69.5 Å². The molecule has 2 aromatic rings. The first-order valence-electron chi connectivity index (χ1n) is 8.61. The molecule has 4 nitrogen and oxygen atoms in total. The summed E-state index contributed by atoms with van der Waals surface area (Å²) >= 11 is 12.3. The Morgan fingerprint density at radius 1 is 1.35 bits per heavy atom. The average Bonchev–Trinajstić information content (AvgIpc) is 3.01. The maximum Gasteiger partial charge on any atom is 0.330 e. The Bertz CT molecular complexity index is 869. The van der Waals surface area contributed by atoms with Gasteiger partial charge >= 0.3 is 5.97 Å². The van der Waals surface area contributed by atoms with Crippen molar-refractivity contribution in [1.29, 1.82) is 0 Å². The summed E-state index contributed by atoms with van der Waals surface area (Å²) in [4.78, 5) is 11.5. The fraction of sp³-hybridized carbons (Fsp3) is 0.300. The highest BCUT2D eigenvalue weighted by molar-refractivity contribution is 6.35. The number of halogens is 2. The number of esters is 1. The van der Waals surface area contributed by atoms with Gasteiger partial charge in [0.1, 0.15) is 0 Å². The van der Waals surface area contributed by atoms with Gasteiger partial charge in [-0.15, -0.1) is 0 Å². The van der Waals surface area contributed by atoms with Crippen molar-refractivity contribution in [2.24, 2.45) is 0 Å². The summed E-state index contributed by atoms with van der Waals surface area (Å²) in [6.07, 6.45) is 10.1. The van der Waals surface area contributed by atoms with Crippen molar-refractivity contribution in [2.45, 2.75) is 32.7 Å². The van der Waals surface area contributed by atoms with Crippen molar-refractivity contribution in [3.8, 4) is 0 Å². The molecule has 0 saturated heterocycles. The summed E-state index contributed by atoms with van der Waals surface area (Å²) in [7, 11) is 0. The van der Waals surface area contributed by atoms with E-state index in [1.165, 1.54) is 11.6 Å². The minimum atomic E-state index is -0.332. The van der Waals surface area contributed by atoms with Gasteiger partial charge in [-0.2, -0.15) is 5.10 Å². The zero-order valence-electron chi connectivity index (χ0n) is 14.5. The van der Waals surface area contributed by atoms with E-state index in [0.29, 0.717) is 23.2 Å². The lowest BCUT2D eigenvalue weighted by molar-refractivity contribution is -0.137. The minimum Gasteiger partial charge on any atom is -0.463 e. The average molecular weight is 391 g/mol. The van der Waals surface area contributed by atoms with Crippen LogP contribution in [0.5, 0.6) is 0 Å². The highest BCUT2D eigenvalue weighted by Crippen LogP contribution is 2.32. The first-order valence-corrected chi connectivity index (χ1v) is 9.37. The molecule has 0 saturated carbocycles. The van der Waals surface area contributed by atoms with Gasteiger partial charge in [-0.3, -0.25) is 4.68 Å². The van der Waals surface area contributed by atoms with Crippen molar-refractivity contribution in [1.82, 2.24) is 9.78 Å². The highest BCUT2D eigenvalue weighted by Gasteiger charge is 2.20. The lowest BCUT2D eigenvalue weighted by Crippen LogP contribution is -2.10. The summed E-state index contributed by atoms with van der Waals surface area (Å²) in [5.74, 6) is -0.332. The molecule has 26 heavy (non-hydrogen) atoms. The van der Waals surface area contributed by atoms with Gasteiger partial charge in [0.05, 0.1) is 25.0 Å². The van der Waals surface area contributed by atoms with E-state index in [-0.39, 0.29) is 5.97 Å². The number of benzene rings is 1. The van der Waals surface area contributed by atoms with E-state index >= 15 is 0 Å². The van der Waals surface area contributed by atoms with Crippen LogP contribution in [0.2, 0.25) is 10.0 Å². The van der Waals surface area contributed by atoms with E-state index in [1.807, 2.05) is 29.1 Å². The number of nitrogens with zero attached hydrogens (tertiary/aromatic N) is 2. The zero-order valence-corrected chi connectivity index (χ0v) is 16.1. The maximum absolute atomic E-state index is 11.5. The van der Waals surface area contributed by atoms with Crippen LogP contribution >= 0.6 is 23.2 Å². The lowest BCUT2D eigenvalue weighted by atomic mass is 9.92. The predicted octanol–water partition coefficient (Wildman–Crippen LogP) is 5.08. The Morgan fingerprint density at radius 2 is 2.19 bits per heavy atom. The van der Waals surface area contributed by atoms with Crippen LogP contribution in [0.1, 0.15) is 36.6 Å². The summed E-state index contributed by atoms with van der Waals surface area (Å²) in [5, 5.41) is 5.79. The van der Waals surface area contributed by atoms with Gasteiger partial charge in [0, 0.05) is 16.1 Å². The number of hydrogen-bond acceptors (Lipinski definition) is 3. The Morgan fingerprint density at radius 3 is 2.96 bits per heavy atom. The zero-order chi connectivity index (χ0) is 18.5. The molecule has 0 atom stereocenters. The third kappa shape index (κ3) is 4.37. The summed E-state index contributed by atoms with van der Waals surface area (Å²) in [6.45, 7) is 2.74. The second kappa shape index (κ2) is 8.56. The number of aryl methyl sites for hydroxylation is 1. The van der Waals surface area contributed by atoms with Crippen LogP contribution in [-0.4, -0.2) is 22.4 Å². The van der Waals surface area contributed by atoms with Crippen LogP contribution in [0.3, 0.4) is 0 Å². The first-order chi connectivity index (χ1) is 12.6. The SMILES string of the molecule is CCOC(=O)/C=C/C=C1\CCCc2cnn(Cc3ccc(Cl)cc3Cl)c21. The molecule has 3 rings (SSSR count). The molecular weight excluding hydrogens is 371 g/mol. The molecule has 0 N–H and O–H groups in total. The molecular formula is C20H20Cl2N2O2. The highest BCUT2D eigenvalue weighted by atomic mass is 35.5. The fourth-order valence-electron chi connectivity index (χ4n) is 3.09. The number of ether oxygens (including phenoxy) is 1. The van der Waals surface area contributed by atoms with Gasteiger partial charge in [0.25, 0.3) is 0 Å². The topological polar surface area (TPSA) is 44.1 Å². The fourth-order valence-corrected chi connectivity index (χ4v) is 3.56. The quantitative estimate of drug-likeness (QED) is 0.528. The van der Waals surface area contributed by atoms with E-state index in [2.05, 4.69) is 5.10 Å². The maximum atomic E-state index is 11.5. The van der Waals surface area contributed by atoms with Crippen LogP contribution < -0.4 is 0 Å². The van der Waals surface area contributed by atoms with Crippen molar-refractivity contribution >= 4 is 34.7 Å². The molecule has 0 radical (unpaired) electrons. The Balaban J connectivity index is 1.87. The van der Waals surface area contributed by atoms with Gasteiger partial charge in [-0.05, 0) is 55.0 Å². The third-order valence-electron chi connectivity index (χ3n) is 4.26. The molecule has 0 unspecified atom stereocenters. The number of allylic oxidation sites excluding steroid dienone is 3. The molecule has 1 heterocycles. The van der Waals surface area contributed by atoms with Gasteiger partial charge < -0.3 is 4.74 Å². The van der Waals surface area contributed by atoms with Crippen molar-refractivity contribution < 1.29 is 9.53 Å². The Labute approximate surface area is 163 Å². The second-order valence-corrected chi connectivity index (χ2v) is 6.91. The molecule has 0 bridgehead atoms. The normalized spacial score (nSPS) is 15.4. The van der Waals surface area contributed by atoms with E-state index in [4.69, 9.17) is 27.9 Å². The van der Waals surface area contributed by atoms with Crippen molar-refractivity contribution in [2.75, 3.05) is 6.61 Å². The monoisotopic (exact) mass is 390 g/mol. The summed E-state index contributed by atoms with van der Waals surface area (Å²) in [5.41, 5.74) is 4.45. The number of carbonyl (C=O) groups excluding carboxylic acids is 1. The molecule has 1 aliphatic rings. The Kier molecular flexibility index (Phi) is 6.17. The molecule has 1 aliphatic carbocycles. The first kappa shape index (κ1) is 18.7. The molecule has 1 aromatic heterocycles. The van der Waals surface area contributed by atoms with Gasteiger partial charge in [0.2, 0.25) is 0 Å². The number of rotatable bonds is 5. The van der Waals surface area contributed by atoms with E-state index < -0.39 is 0 Å². The second-order valence-electron chi connectivity index (χ2n) is 6.07. The third-order valence-corrected chi connectivity index (χ3v) is 4.85. The number of hydrogen-bond donors (Lipinski definition) is 0. The van der Waals surface area contributed by atoms with Crippen molar-refractivity contribution in [3.63, 3.8) is 0 Å². The van der Waals surface area contributed by atoms with Gasteiger partial charge in [0.15, 0.2) is 0 Å². The minimum absolute atomic E-state index is 0.332. The molecule has 136 valence electrons. The van der Waals surface area contributed by atoms with E-state index in [0.717, 1.165) is 36.1 Å². The largest absolute Gasteiger partial charge is 0.463 e. The van der Waals surface area contributed by atoms with Crippen LogP contribution in [0.25, 0.3) is 5.57 Å².